The first-order valence-electron chi connectivity index (χ1n) is 6.15. The van der Waals surface area contributed by atoms with Crippen molar-refractivity contribution in [1.29, 1.82) is 0 Å². The standard InChI is InChI=1S/C13H12N4O2S/c18-11-6-9(12(19)16-13-15-4-5-20-13)8-17(11)10-2-1-3-14-7-10/h1-5,7,9H,6,8H2,(H,15,16,19). The molecule has 0 spiro atoms. The minimum atomic E-state index is -0.355. The van der Waals surface area contributed by atoms with Crippen LogP contribution in [0.3, 0.4) is 0 Å². The summed E-state index contributed by atoms with van der Waals surface area (Å²) in [5, 5.41) is 5.08. The molecule has 1 aliphatic rings. The Kier molecular flexibility index (Phi) is 3.42. The van der Waals surface area contributed by atoms with Gasteiger partial charge < -0.3 is 10.2 Å². The van der Waals surface area contributed by atoms with Gasteiger partial charge in [0.2, 0.25) is 11.8 Å². The van der Waals surface area contributed by atoms with Crippen LogP contribution in [0.5, 0.6) is 0 Å². The predicted octanol–water partition coefficient (Wildman–Crippen LogP) is 1.53. The maximum absolute atomic E-state index is 12.1. The van der Waals surface area contributed by atoms with Crippen molar-refractivity contribution in [3.05, 3.63) is 36.1 Å². The summed E-state index contributed by atoms with van der Waals surface area (Å²) < 4.78 is 0. The average Bonchev–Trinajstić information content (AvgIpc) is 3.09. The summed E-state index contributed by atoms with van der Waals surface area (Å²) in [4.78, 5) is 33.7. The van der Waals surface area contributed by atoms with Gasteiger partial charge >= 0.3 is 0 Å². The number of nitrogens with one attached hydrogen (secondary N) is 1. The second kappa shape index (κ2) is 5.38. The van der Waals surface area contributed by atoms with Gasteiger partial charge in [0.25, 0.3) is 0 Å². The predicted molar refractivity (Wildman–Crippen MR) is 75.4 cm³/mol. The monoisotopic (exact) mass is 288 g/mol. The van der Waals surface area contributed by atoms with Crippen LogP contribution in [0.15, 0.2) is 36.1 Å². The molecular formula is C13H12N4O2S. The Morgan fingerprint density at radius 2 is 2.35 bits per heavy atom. The average molecular weight is 288 g/mol. The van der Waals surface area contributed by atoms with Crippen LogP contribution in [0.2, 0.25) is 0 Å². The van der Waals surface area contributed by atoms with E-state index in [1.807, 2.05) is 6.07 Å². The maximum Gasteiger partial charge on any atom is 0.231 e. The number of thiazole rings is 1. The van der Waals surface area contributed by atoms with Gasteiger partial charge in [0.15, 0.2) is 5.13 Å². The second-order valence-electron chi connectivity index (χ2n) is 4.44. The molecule has 1 atom stereocenters. The highest BCUT2D eigenvalue weighted by Gasteiger charge is 2.35. The van der Waals surface area contributed by atoms with Crippen LogP contribution < -0.4 is 10.2 Å². The zero-order chi connectivity index (χ0) is 13.9. The molecule has 7 heteroatoms. The SMILES string of the molecule is O=C(Nc1nccs1)C1CC(=O)N(c2cccnc2)C1. The summed E-state index contributed by atoms with van der Waals surface area (Å²) in [6.45, 7) is 0.377. The number of anilines is 2. The minimum absolute atomic E-state index is 0.0581. The number of aromatic nitrogens is 2. The zero-order valence-corrected chi connectivity index (χ0v) is 11.3. The topological polar surface area (TPSA) is 75.2 Å². The third kappa shape index (κ3) is 2.53. The molecule has 0 radical (unpaired) electrons. The number of hydrogen-bond acceptors (Lipinski definition) is 5. The third-order valence-electron chi connectivity index (χ3n) is 3.12. The van der Waals surface area contributed by atoms with E-state index in [1.54, 1.807) is 34.9 Å². The highest BCUT2D eigenvalue weighted by Crippen LogP contribution is 2.25. The molecule has 1 N–H and O–H groups in total. The lowest BCUT2D eigenvalue weighted by molar-refractivity contribution is -0.122. The molecule has 6 nitrogen and oxygen atoms in total. The number of rotatable bonds is 3. The molecule has 2 aromatic rings. The van der Waals surface area contributed by atoms with Crippen molar-refractivity contribution in [3.8, 4) is 0 Å². The molecule has 1 unspecified atom stereocenters. The first-order valence-corrected chi connectivity index (χ1v) is 7.03. The van der Waals surface area contributed by atoms with Gasteiger partial charge in [-0.3, -0.25) is 14.6 Å². The summed E-state index contributed by atoms with van der Waals surface area (Å²) in [5.74, 6) is -0.580. The van der Waals surface area contributed by atoms with Gasteiger partial charge in [-0.25, -0.2) is 4.98 Å². The Bertz CT molecular complexity index is 615. The van der Waals surface area contributed by atoms with E-state index in [2.05, 4.69) is 15.3 Å². The molecule has 2 aromatic heterocycles. The highest BCUT2D eigenvalue weighted by atomic mass is 32.1. The number of hydrogen-bond donors (Lipinski definition) is 1. The van der Waals surface area contributed by atoms with Crippen molar-refractivity contribution >= 4 is 34.0 Å². The number of pyridine rings is 1. The van der Waals surface area contributed by atoms with E-state index in [-0.39, 0.29) is 24.2 Å². The van der Waals surface area contributed by atoms with Gasteiger partial charge in [0, 0.05) is 30.7 Å². The number of nitrogens with zero attached hydrogens (tertiary/aromatic N) is 3. The van der Waals surface area contributed by atoms with Crippen LogP contribution in [0, 0.1) is 5.92 Å². The van der Waals surface area contributed by atoms with Crippen LogP contribution in [-0.2, 0) is 9.59 Å². The molecule has 0 aliphatic carbocycles. The molecule has 3 heterocycles. The normalized spacial score (nSPS) is 18.3. The second-order valence-corrected chi connectivity index (χ2v) is 5.34. The molecule has 1 aliphatic heterocycles. The van der Waals surface area contributed by atoms with Crippen molar-refractivity contribution in [1.82, 2.24) is 9.97 Å². The van der Waals surface area contributed by atoms with E-state index < -0.39 is 0 Å². The number of amides is 2. The number of carbonyl (C=O) groups is 2. The Labute approximate surface area is 119 Å². The molecule has 1 fully saturated rings. The van der Waals surface area contributed by atoms with E-state index in [9.17, 15) is 9.59 Å². The van der Waals surface area contributed by atoms with Gasteiger partial charge in [-0.05, 0) is 12.1 Å². The van der Waals surface area contributed by atoms with Crippen LogP contribution in [-0.4, -0.2) is 28.3 Å². The Balaban J connectivity index is 1.69. The largest absolute Gasteiger partial charge is 0.310 e. The molecule has 3 rings (SSSR count). The van der Waals surface area contributed by atoms with Gasteiger partial charge in [0.1, 0.15) is 0 Å². The molecule has 0 saturated carbocycles. The smallest absolute Gasteiger partial charge is 0.231 e. The Morgan fingerprint density at radius 3 is 3.05 bits per heavy atom. The lowest BCUT2D eigenvalue weighted by Gasteiger charge is -2.15. The summed E-state index contributed by atoms with van der Waals surface area (Å²) in [7, 11) is 0. The summed E-state index contributed by atoms with van der Waals surface area (Å²) in [5.41, 5.74) is 0.724. The van der Waals surface area contributed by atoms with E-state index in [4.69, 9.17) is 0 Å². The maximum atomic E-state index is 12.1. The van der Waals surface area contributed by atoms with Gasteiger partial charge in [0.05, 0.1) is 17.8 Å². The van der Waals surface area contributed by atoms with Crippen molar-refractivity contribution in [2.24, 2.45) is 5.92 Å². The van der Waals surface area contributed by atoms with Crippen molar-refractivity contribution in [2.75, 3.05) is 16.8 Å². The Morgan fingerprint density at radius 1 is 1.45 bits per heavy atom. The molecule has 102 valence electrons. The Hall–Kier alpha value is -2.28. The lowest BCUT2D eigenvalue weighted by Crippen LogP contribution is -2.28. The van der Waals surface area contributed by atoms with E-state index in [0.717, 1.165) is 5.69 Å². The molecule has 2 amide bonds. The molecule has 0 aromatic carbocycles. The van der Waals surface area contributed by atoms with Crippen molar-refractivity contribution in [2.45, 2.75) is 6.42 Å². The fraction of sp³-hybridized carbons (Fsp3) is 0.231. The van der Waals surface area contributed by atoms with Crippen LogP contribution in [0.25, 0.3) is 0 Å². The first-order chi connectivity index (χ1) is 9.74. The van der Waals surface area contributed by atoms with Crippen LogP contribution >= 0.6 is 11.3 Å². The lowest BCUT2D eigenvalue weighted by atomic mass is 10.1. The molecule has 1 saturated heterocycles. The number of carbonyl (C=O) groups excluding carboxylic acids is 2. The van der Waals surface area contributed by atoms with Gasteiger partial charge in [-0.1, -0.05) is 0 Å². The fourth-order valence-corrected chi connectivity index (χ4v) is 2.67. The van der Waals surface area contributed by atoms with E-state index in [1.165, 1.54) is 11.3 Å². The summed E-state index contributed by atoms with van der Waals surface area (Å²) in [6, 6.07) is 3.58. The highest BCUT2D eigenvalue weighted by molar-refractivity contribution is 7.13. The van der Waals surface area contributed by atoms with Crippen LogP contribution in [0.4, 0.5) is 10.8 Å². The minimum Gasteiger partial charge on any atom is -0.310 e. The third-order valence-corrected chi connectivity index (χ3v) is 3.80. The van der Waals surface area contributed by atoms with Gasteiger partial charge in [-0.2, -0.15) is 0 Å². The van der Waals surface area contributed by atoms with Gasteiger partial charge in [-0.15, -0.1) is 11.3 Å². The summed E-state index contributed by atoms with van der Waals surface area (Å²) in [6.07, 6.45) is 5.11. The zero-order valence-electron chi connectivity index (χ0n) is 10.5. The van der Waals surface area contributed by atoms with Crippen LogP contribution in [0.1, 0.15) is 6.42 Å². The molecule has 0 bridgehead atoms. The summed E-state index contributed by atoms with van der Waals surface area (Å²) >= 11 is 1.36. The first kappa shape index (κ1) is 12.7. The molecule has 20 heavy (non-hydrogen) atoms. The quantitative estimate of drug-likeness (QED) is 0.929. The van der Waals surface area contributed by atoms with Crippen molar-refractivity contribution in [3.63, 3.8) is 0 Å². The van der Waals surface area contributed by atoms with Crippen molar-refractivity contribution < 1.29 is 9.59 Å². The fourth-order valence-electron chi connectivity index (χ4n) is 2.14. The van der Waals surface area contributed by atoms with E-state index in [0.29, 0.717) is 11.7 Å². The molecular weight excluding hydrogens is 276 g/mol. The van der Waals surface area contributed by atoms with E-state index >= 15 is 0 Å².